The zero-order valence-electron chi connectivity index (χ0n) is 29.4. The second-order valence-electron chi connectivity index (χ2n) is 13.5. The molecule has 232 valence electrons. The molecule has 1 aromatic heterocycles. The molecule has 3 rings (SSSR count). The van der Waals surface area contributed by atoms with Crippen molar-refractivity contribution in [3.8, 4) is 22.5 Å². The Balaban J connectivity index is 2.47. The van der Waals surface area contributed by atoms with Gasteiger partial charge in [0, 0.05) is 11.1 Å². The van der Waals surface area contributed by atoms with Crippen LogP contribution >= 0.6 is 0 Å². The first-order chi connectivity index (χ1) is 20.7. The highest BCUT2D eigenvalue weighted by Gasteiger charge is 2.18. The molecule has 3 aromatic rings. The number of benzene rings is 2. The van der Waals surface area contributed by atoms with Crippen LogP contribution in [0.2, 0.25) is 0 Å². The summed E-state index contributed by atoms with van der Waals surface area (Å²) >= 11 is 0. The van der Waals surface area contributed by atoms with Crippen LogP contribution in [0.3, 0.4) is 0 Å². The van der Waals surface area contributed by atoms with Crippen LogP contribution in [0.15, 0.2) is 107 Å². The molecule has 0 spiro atoms. The van der Waals surface area contributed by atoms with Gasteiger partial charge in [0.2, 0.25) is 0 Å². The minimum absolute atomic E-state index is 0.164. The first-order valence-electron chi connectivity index (χ1n) is 16.2. The highest BCUT2D eigenvalue weighted by molar-refractivity contribution is 5.79. The molecular weight excluding hydrogens is 532 g/mol. The second kappa shape index (κ2) is 14.8. The van der Waals surface area contributed by atoms with Gasteiger partial charge in [0.25, 0.3) is 0 Å². The van der Waals surface area contributed by atoms with Crippen molar-refractivity contribution in [2.24, 2.45) is 10.8 Å². The van der Waals surface area contributed by atoms with Gasteiger partial charge in [0.05, 0.1) is 22.1 Å². The van der Waals surface area contributed by atoms with Crippen molar-refractivity contribution in [1.29, 1.82) is 0 Å². The van der Waals surface area contributed by atoms with E-state index in [0.717, 1.165) is 57.2 Å². The average Bonchev–Trinajstić information content (AvgIpc) is 3.04. The molecule has 0 aliphatic carbocycles. The molecule has 0 aliphatic rings. The standard InChI is InChI=1S/C42H54N2/c1-13-41(9,10)31(5)27-25-29(3)33(7)37-38(34(8)30(4)26-28-32(6)42(11,12)14-2)44-40(36-23-19-16-20-24-36)39(43-37)35-21-17-15-18-22-35/h15-28H,13-14H2,1-12H3/b29-25+,30-26+,31-27+,32-28+,37-33-,38-34-. The second-order valence-corrected chi connectivity index (χ2v) is 13.5. The van der Waals surface area contributed by atoms with Crippen molar-refractivity contribution in [2.75, 3.05) is 0 Å². The summed E-state index contributed by atoms with van der Waals surface area (Å²) in [4.78, 5) is 10.9. The molecule has 0 bridgehead atoms. The van der Waals surface area contributed by atoms with Crippen LogP contribution in [0.25, 0.3) is 33.7 Å². The lowest BCUT2D eigenvalue weighted by Crippen LogP contribution is -2.36. The molecular formula is C42H54N2. The SMILES string of the molecule is CCC(C)(C)/C(C)=C/C=C(C)/C(C)=c1\nc(-c2ccccc2)c(-c2ccccc2)n\c1=C(C)/C(C)=C/C=C(\C)C(C)(C)CC. The summed E-state index contributed by atoms with van der Waals surface area (Å²) in [5.41, 5.74) is 11.6. The van der Waals surface area contributed by atoms with Gasteiger partial charge in [-0.3, -0.25) is 0 Å². The predicted octanol–water partition coefficient (Wildman–Crippen LogP) is 10.8. The van der Waals surface area contributed by atoms with Crippen molar-refractivity contribution < 1.29 is 0 Å². The van der Waals surface area contributed by atoms with E-state index in [1.54, 1.807) is 0 Å². The van der Waals surface area contributed by atoms with E-state index in [9.17, 15) is 0 Å². The van der Waals surface area contributed by atoms with Crippen molar-refractivity contribution in [2.45, 2.75) is 95.9 Å². The van der Waals surface area contributed by atoms with E-state index in [1.165, 1.54) is 22.3 Å². The van der Waals surface area contributed by atoms with Crippen molar-refractivity contribution in [1.82, 2.24) is 9.97 Å². The molecule has 2 nitrogen and oxygen atoms in total. The Bertz CT molecular complexity index is 1560. The Morgan fingerprint density at radius 3 is 1.14 bits per heavy atom. The summed E-state index contributed by atoms with van der Waals surface area (Å²) in [6, 6.07) is 20.9. The Kier molecular flexibility index (Phi) is 11.7. The molecule has 0 amide bonds. The molecule has 1 heterocycles. The summed E-state index contributed by atoms with van der Waals surface area (Å²) < 4.78 is 0. The van der Waals surface area contributed by atoms with Gasteiger partial charge in [0.15, 0.2) is 0 Å². The normalized spacial score (nSPS) is 15.4. The molecule has 2 aromatic carbocycles. The first kappa shape index (κ1) is 34.7. The first-order valence-corrected chi connectivity index (χ1v) is 16.2. The van der Waals surface area contributed by atoms with Gasteiger partial charge in [-0.1, -0.05) is 138 Å². The van der Waals surface area contributed by atoms with E-state index in [-0.39, 0.29) is 10.8 Å². The van der Waals surface area contributed by atoms with E-state index >= 15 is 0 Å². The molecule has 0 radical (unpaired) electrons. The third-order valence-electron chi connectivity index (χ3n) is 9.95. The van der Waals surface area contributed by atoms with Gasteiger partial charge in [-0.05, 0) is 87.5 Å². The van der Waals surface area contributed by atoms with Crippen LogP contribution < -0.4 is 10.7 Å². The fourth-order valence-electron chi connectivity index (χ4n) is 4.69. The minimum atomic E-state index is 0.164. The highest BCUT2D eigenvalue weighted by Crippen LogP contribution is 2.31. The number of nitrogens with zero attached hydrogens (tertiary/aromatic N) is 2. The topological polar surface area (TPSA) is 25.8 Å². The minimum Gasteiger partial charge on any atom is -0.244 e. The zero-order chi connectivity index (χ0) is 32.7. The molecule has 0 fully saturated rings. The Hall–Kier alpha value is -3.78. The molecule has 0 unspecified atom stereocenters. The van der Waals surface area contributed by atoms with Gasteiger partial charge in [0.1, 0.15) is 0 Å². The Morgan fingerprint density at radius 2 is 0.841 bits per heavy atom. The maximum Gasteiger partial charge on any atom is 0.0973 e. The Labute approximate surface area is 267 Å². The summed E-state index contributed by atoms with van der Waals surface area (Å²) in [7, 11) is 0. The van der Waals surface area contributed by atoms with E-state index < -0.39 is 0 Å². The number of hydrogen-bond acceptors (Lipinski definition) is 2. The zero-order valence-corrected chi connectivity index (χ0v) is 29.4. The lowest BCUT2D eigenvalue weighted by Gasteiger charge is -2.23. The number of rotatable bonds is 10. The van der Waals surface area contributed by atoms with E-state index in [1.807, 2.05) is 12.1 Å². The third-order valence-corrected chi connectivity index (χ3v) is 9.95. The van der Waals surface area contributed by atoms with E-state index in [0.29, 0.717) is 0 Å². The van der Waals surface area contributed by atoms with Crippen LogP contribution in [-0.4, -0.2) is 9.97 Å². The fraction of sp³-hybridized carbons (Fsp3) is 0.381. The van der Waals surface area contributed by atoms with Crippen molar-refractivity contribution in [3.05, 3.63) is 118 Å². The van der Waals surface area contributed by atoms with E-state index in [2.05, 4.69) is 156 Å². The average molecular weight is 587 g/mol. The smallest absolute Gasteiger partial charge is 0.0973 e. The number of hydrogen-bond donors (Lipinski definition) is 0. The molecule has 0 saturated heterocycles. The third kappa shape index (κ3) is 8.23. The lowest BCUT2D eigenvalue weighted by atomic mass is 9.82. The van der Waals surface area contributed by atoms with Gasteiger partial charge >= 0.3 is 0 Å². The Morgan fingerprint density at radius 1 is 0.523 bits per heavy atom. The highest BCUT2D eigenvalue weighted by atomic mass is 14.8. The van der Waals surface area contributed by atoms with Crippen molar-refractivity contribution >= 4 is 11.1 Å². The number of allylic oxidation sites excluding steroid dienone is 8. The van der Waals surface area contributed by atoms with Gasteiger partial charge in [-0.15, -0.1) is 0 Å². The van der Waals surface area contributed by atoms with Crippen molar-refractivity contribution in [3.63, 3.8) is 0 Å². The van der Waals surface area contributed by atoms with Gasteiger partial charge in [-0.25, -0.2) is 9.97 Å². The monoisotopic (exact) mass is 586 g/mol. The quantitative estimate of drug-likeness (QED) is 0.221. The molecule has 0 N–H and O–H groups in total. The maximum absolute atomic E-state index is 5.46. The predicted molar refractivity (Wildman–Crippen MR) is 193 cm³/mol. The van der Waals surface area contributed by atoms with Crippen LogP contribution in [0.4, 0.5) is 0 Å². The summed E-state index contributed by atoms with van der Waals surface area (Å²) in [5, 5.41) is 1.86. The largest absolute Gasteiger partial charge is 0.244 e. The van der Waals surface area contributed by atoms with Gasteiger partial charge in [-0.2, -0.15) is 0 Å². The van der Waals surface area contributed by atoms with Crippen LogP contribution in [-0.2, 0) is 0 Å². The summed E-state index contributed by atoms with van der Waals surface area (Å²) in [5.74, 6) is 0. The van der Waals surface area contributed by atoms with Crippen LogP contribution in [0.5, 0.6) is 0 Å². The molecule has 0 aliphatic heterocycles. The molecule has 2 heteroatoms. The summed E-state index contributed by atoms with van der Waals surface area (Å²) in [6.07, 6.45) is 11.2. The van der Waals surface area contributed by atoms with Crippen LogP contribution in [0.1, 0.15) is 95.9 Å². The molecule has 0 saturated carbocycles. The number of aromatic nitrogens is 2. The molecule has 44 heavy (non-hydrogen) atoms. The van der Waals surface area contributed by atoms with Crippen LogP contribution in [0, 0.1) is 10.8 Å². The maximum atomic E-state index is 5.46. The van der Waals surface area contributed by atoms with E-state index in [4.69, 9.17) is 9.97 Å². The summed E-state index contributed by atoms with van der Waals surface area (Å²) in [6.45, 7) is 26.9. The van der Waals surface area contributed by atoms with Gasteiger partial charge < -0.3 is 0 Å². The fourth-order valence-corrected chi connectivity index (χ4v) is 4.69. The molecule has 0 atom stereocenters. The lowest BCUT2D eigenvalue weighted by molar-refractivity contribution is 0.429.